The molecule has 0 saturated carbocycles. The predicted octanol–water partition coefficient (Wildman–Crippen LogP) is 2.77. The zero-order valence-corrected chi connectivity index (χ0v) is 13.7. The van der Waals surface area contributed by atoms with Gasteiger partial charge < -0.3 is 10.2 Å². The van der Waals surface area contributed by atoms with E-state index in [-0.39, 0.29) is 5.82 Å². The third-order valence-electron chi connectivity index (χ3n) is 3.73. The molecule has 1 aliphatic heterocycles. The fourth-order valence-corrected chi connectivity index (χ4v) is 4.31. The van der Waals surface area contributed by atoms with E-state index < -0.39 is 0 Å². The van der Waals surface area contributed by atoms with Gasteiger partial charge in [0.05, 0.1) is 0 Å². The van der Waals surface area contributed by atoms with Gasteiger partial charge in [0.2, 0.25) is 0 Å². The van der Waals surface area contributed by atoms with Crippen molar-refractivity contribution in [1.29, 1.82) is 0 Å². The number of thioether (sulfide) groups is 1. The summed E-state index contributed by atoms with van der Waals surface area (Å²) in [6, 6.07) is 5.87. The summed E-state index contributed by atoms with van der Waals surface area (Å²) in [5.74, 6) is 2.17. The Bertz CT molecular complexity index is 430. The second kappa shape index (κ2) is 7.07. The minimum absolute atomic E-state index is 0.193. The monoisotopic (exact) mass is 346 g/mol. The Hall–Kier alpha value is -0.100. The van der Waals surface area contributed by atoms with Crippen molar-refractivity contribution in [2.24, 2.45) is 0 Å². The molecule has 0 amide bonds. The Morgan fingerprint density at radius 3 is 3.00 bits per heavy atom. The van der Waals surface area contributed by atoms with Crippen molar-refractivity contribution in [3.05, 3.63) is 34.1 Å². The van der Waals surface area contributed by atoms with E-state index in [1.807, 2.05) is 24.9 Å². The lowest BCUT2D eigenvalue weighted by Crippen LogP contribution is -2.52. The average molecular weight is 347 g/mol. The molecule has 1 aromatic carbocycles. The topological polar surface area (TPSA) is 15.3 Å². The third-order valence-corrected chi connectivity index (χ3v) is 5.52. The van der Waals surface area contributed by atoms with Crippen molar-refractivity contribution < 1.29 is 4.39 Å². The maximum absolute atomic E-state index is 13.1. The van der Waals surface area contributed by atoms with Crippen LogP contribution in [0.1, 0.15) is 5.56 Å². The van der Waals surface area contributed by atoms with Crippen molar-refractivity contribution in [2.45, 2.75) is 18.5 Å². The second-order valence-corrected chi connectivity index (χ2v) is 6.96. The molecule has 1 saturated heterocycles. The van der Waals surface area contributed by atoms with Crippen LogP contribution in [0, 0.1) is 5.82 Å². The van der Waals surface area contributed by atoms with Gasteiger partial charge in [-0.1, -0.05) is 22.0 Å². The minimum atomic E-state index is -0.193. The van der Waals surface area contributed by atoms with Crippen molar-refractivity contribution in [3.63, 3.8) is 0 Å². The maximum atomic E-state index is 13.1. The molecule has 1 N–H and O–H groups in total. The molecule has 0 spiro atoms. The molecular weight excluding hydrogens is 327 g/mol. The molecule has 2 rings (SSSR count). The van der Waals surface area contributed by atoms with Gasteiger partial charge in [-0.15, -0.1) is 0 Å². The fourth-order valence-electron chi connectivity index (χ4n) is 2.48. The van der Waals surface area contributed by atoms with Crippen molar-refractivity contribution in [2.75, 3.05) is 32.1 Å². The van der Waals surface area contributed by atoms with Crippen LogP contribution >= 0.6 is 27.7 Å². The van der Waals surface area contributed by atoms with Crippen LogP contribution in [0.2, 0.25) is 0 Å². The van der Waals surface area contributed by atoms with Gasteiger partial charge in [-0.2, -0.15) is 11.8 Å². The van der Waals surface area contributed by atoms with Crippen LogP contribution < -0.4 is 5.32 Å². The van der Waals surface area contributed by atoms with Gasteiger partial charge in [-0.25, -0.2) is 4.39 Å². The molecule has 0 aliphatic carbocycles. The molecule has 0 radical (unpaired) electrons. The molecule has 0 aromatic heterocycles. The van der Waals surface area contributed by atoms with Crippen LogP contribution in [-0.2, 0) is 6.42 Å². The van der Waals surface area contributed by atoms with Gasteiger partial charge >= 0.3 is 0 Å². The van der Waals surface area contributed by atoms with Crippen LogP contribution in [0.25, 0.3) is 0 Å². The number of nitrogens with one attached hydrogen (secondary N) is 1. The Kier molecular flexibility index (Phi) is 5.69. The number of hydrogen-bond donors (Lipinski definition) is 1. The van der Waals surface area contributed by atoms with Gasteiger partial charge in [0.25, 0.3) is 0 Å². The molecule has 1 fully saturated rings. The van der Waals surface area contributed by atoms with Crippen LogP contribution in [0.5, 0.6) is 0 Å². The molecular formula is C14H20BrFN2S. The highest BCUT2D eigenvalue weighted by Gasteiger charge is 2.27. The SMILES string of the molecule is CNC(Cc1ccc(F)cc1Br)C1CSCCN1C. The van der Waals surface area contributed by atoms with E-state index in [0.29, 0.717) is 12.1 Å². The fraction of sp³-hybridized carbons (Fsp3) is 0.571. The molecule has 19 heavy (non-hydrogen) atoms. The van der Waals surface area contributed by atoms with E-state index in [2.05, 4.69) is 33.2 Å². The lowest BCUT2D eigenvalue weighted by atomic mass is 9.99. The van der Waals surface area contributed by atoms with Crippen LogP contribution in [0.3, 0.4) is 0 Å². The normalized spacial score (nSPS) is 22.4. The van der Waals surface area contributed by atoms with Gasteiger partial charge in [-0.05, 0) is 38.2 Å². The number of rotatable bonds is 4. The summed E-state index contributed by atoms with van der Waals surface area (Å²) in [4.78, 5) is 2.43. The van der Waals surface area contributed by atoms with Gasteiger partial charge in [-0.3, -0.25) is 0 Å². The summed E-state index contributed by atoms with van der Waals surface area (Å²) in [6.45, 7) is 1.14. The number of benzene rings is 1. The Labute approximate surface area is 127 Å². The smallest absolute Gasteiger partial charge is 0.124 e. The van der Waals surface area contributed by atoms with Crippen molar-refractivity contribution >= 4 is 27.7 Å². The van der Waals surface area contributed by atoms with Gasteiger partial charge in [0.15, 0.2) is 0 Å². The van der Waals surface area contributed by atoms with Crippen LogP contribution in [0.15, 0.2) is 22.7 Å². The zero-order chi connectivity index (χ0) is 13.8. The zero-order valence-electron chi connectivity index (χ0n) is 11.3. The Morgan fingerprint density at radius 1 is 1.58 bits per heavy atom. The first kappa shape index (κ1) is 15.3. The summed E-state index contributed by atoms with van der Waals surface area (Å²) in [7, 11) is 4.20. The lowest BCUT2D eigenvalue weighted by molar-refractivity contribution is 0.219. The summed E-state index contributed by atoms with van der Waals surface area (Å²) >= 11 is 5.47. The molecule has 1 heterocycles. The molecule has 0 bridgehead atoms. The molecule has 106 valence electrons. The van der Waals surface area contributed by atoms with E-state index in [1.54, 1.807) is 6.07 Å². The van der Waals surface area contributed by atoms with E-state index >= 15 is 0 Å². The average Bonchev–Trinajstić information content (AvgIpc) is 2.39. The van der Waals surface area contributed by atoms with Gasteiger partial charge in [0.1, 0.15) is 5.82 Å². The number of halogens is 2. The highest BCUT2D eigenvalue weighted by atomic mass is 79.9. The first-order valence-electron chi connectivity index (χ1n) is 6.51. The number of nitrogens with zero attached hydrogens (tertiary/aromatic N) is 1. The molecule has 2 atom stereocenters. The summed E-state index contributed by atoms with van der Waals surface area (Å²) in [6.07, 6.45) is 0.910. The lowest BCUT2D eigenvalue weighted by Gasteiger charge is -2.37. The summed E-state index contributed by atoms with van der Waals surface area (Å²) < 4.78 is 14.0. The molecule has 1 aromatic rings. The predicted molar refractivity (Wildman–Crippen MR) is 84.4 cm³/mol. The Morgan fingerprint density at radius 2 is 2.37 bits per heavy atom. The quantitative estimate of drug-likeness (QED) is 0.902. The van der Waals surface area contributed by atoms with E-state index in [9.17, 15) is 4.39 Å². The first-order chi connectivity index (χ1) is 9.11. The molecule has 2 unspecified atom stereocenters. The second-order valence-electron chi connectivity index (χ2n) is 4.96. The summed E-state index contributed by atoms with van der Waals surface area (Å²) in [5.41, 5.74) is 1.16. The van der Waals surface area contributed by atoms with E-state index in [0.717, 1.165) is 28.8 Å². The highest BCUT2D eigenvalue weighted by Crippen LogP contribution is 2.23. The van der Waals surface area contributed by atoms with Gasteiger partial charge in [0, 0.05) is 34.6 Å². The van der Waals surface area contributed by atoms with E-state index in [1.165, 1.54) is 11.8 Å². The standard InChI is InChI=1S/C14H20BrFN2S/c1-17-13(14-9-19-6-5-18(14)2)7-10-3-4-11(16)8-12(10)15/h3-4,8,13-14,17H,5-7,9H2,1-2H3. The van der Waals surface area contributed by atoms with Crippen LogP contribution in [0.4, 0.5) is 4.39 Å². The van der Waals surface area contributed by atoms with Crippen molar-refractivity contribution in [3.8, 4) is 0 Å². The highest BCUT2D eigenvalue weighted by molar-refractivity contribution is 9.10. The molecule has 5 heteroatoms. The minimum Gasteiger partial charge on any atom is -0.315 e. The molecule has 1 aliphatic rings. The van der Waals surface area contributed by atoms with Crippen molar-refractivity contribution in [1.82, 2.24) is 10.2 Å². The molecule has 2 nitrogen and oxygen atoms in total. The summed E-state index contributed by atoms with van der Waals surface area (Å²) in [5, 5.41) is 3.42. The van der Waals surface area contributed by atoms with E-state index in [4.69, 9.17) is 0 Å². The number of likely N-dealkylation sites (N-methyl/N-ethyl adjacent to an activating group) is 2. The third kappa shape index (κ3) is 3.94. The Balaban J connectivity index is 2.09. The number of hydrogen-bond acceptors (Lipinski definition) is 3. The van der Waals surface area contributed by atoms with Crippen LogP contribution in [-0.4, -0.2) is 49.1 Å². The maximum Gasteiger partial charge on any atom is 0.124 e. The first-order valence-corrected chi connectivity index (χ1v) is 8.45. The largest absolute Gasteiger partial charge is 0.315 e.